The highest BCUT2D eigenvalue weighted by molar-refractivity contribution is 6.25. The van der Waals surface area contributed by atoms with Gasteiger partial charge in [0.25, 0.3) is 17.7 Å². The van der Waals surface area contributed by atoms with Crippen molar-refractivity contribution in [2.24, 2.45) is 0 Å². The molecule has 2 heterocycles. The zero-order valence-electron chi connectivity index (χ0n) is 17.4. The molecule has 0 unspecified atom stereocenters. The number of amides is 3. The summed E-state index contributed by atoms with van der Waals surface area (Å²) in [5.74, 6) is -3.29. The first-order valence-electron chi connectivity index (χ1n) is 9.96. The Hall–Kier alpha value is -5.12. The highest BCUT2D eigenvalue weighted by Gasteiger charge is 2.47. The van der Waals surface area contributed by atoms with E-state index in [0.717, 1.165) is 0 Å². The van der Waals surface area contributed by atoms with E-state index in [9.17, 15) is 29.7 Å². The smallest absolute Gasteiger partial charge is 0.282 e. The fraction of sp³-hybridized carbons (Fsp3) is 0.0400. The van der Waals surface area contributed by atoms with Crippen LogP contribution in [0, 0.1) is 22.7 Å². The van der Waals surface area contributed by atoms with Crippen LogP contribution in [0.4, 0.5) is 0 Å². The Morgan fingerprint density at radius 2 is 1.32 bits per heavy atom. The van der Waals surface area contributed by atoms with Crippen molar-refractivity contribution in [2.75, 3.05) is 0 Å². The molecule has 0 fully saturated rings. The fourth-order valence-corrected chi connectivity index (χ4v) is 4.13. The number of hydroxylamine groups is 2. The van der Waals surface area contributed by atoms with Gasteiger partial charge < -0.3 is 0 Å². The molecule has 162 valence electrons. The molecule has 0 saturated heterocycles. The maximum Gasteiger partial charge on any atom is 0.282 e. The van der Waals surface area contributed by atoms with Gasteiger partial charge in [-0.15, -0.1) is 0 Å². The first-order chi connectivity index (χ1) is 16.4. The Morgan fingerprint density at radius 3 is 1.91 bits per heavy atom. The fourth-order valence-electron chi connectivity index (χ4n) is 4.13. The number of carbonyl (C=O) groups excluding carboxylic acids is 4. The van der Waals surface area contributed by atoms with E-state index in [-0.39, 0.29) is 34.6 Å². The number of hydrogen-bond acceptors (Lipinski definition) is 7. The van der Waals surface area contributed by atoms with Crippen LogP contribution in [0.1, 0.15) is 36.6 Å². The summed E-state index contributed by atoms with van der Waals surface area (Å²) in [6, 6.07) is 16.0. The third-order valence-corrected chi connectivity index (χ3v) is 5.73. The van der Waals surface area contributed by atoms with Crippen molar-refractivity contribution in [1.82, 2.24) is 9.96 Å². The lowest BCUT2D eigenvalue weighted by molar-refractivity contribution is -0.135. The van der Waals surface area contributed by atoms with E-state index in [1.165, 1.54) is 12.1 Å². The summed E-state index contributed by atoms with van der Waals surface area (Å²) >= 11 is 0. The first-order valence-corrected chi connectivity index (χ1v) is 9.96. The Morgan fingerprint density at radius 1 is 0.765 bits per heavy atom. The Bertz CT molecular complexity index is 1500. The van der Waals surface area contributed by atoms with Gasteiger partial charge in [-0.3, -0.25) is 24.0 Å². The molecule has 0 aromatic heterocycles. The number of carbonyl (C=O) groups is 4. The molecule has 1 aliphatic carbocycles. The number of ketones is 1. The number of benzene rings is 2. The molecule has 2 aliphatic heterocycles. The highest BCUT2D eigenvalue weighted by atomic mass is 16.7. The lowest BCUT2D eigenvalue weighted by Crippen LogP contribution is -2.44. The molecule has 3 amide bonds. The SMILES string of the molecule is C=C1C(C#N)=C(C#N)C(=O)C(N2OCc3ccccc3C2=O)=C1N1C(=O)c2ccccc2C1=O. The molecule has 0 radical (unpaired) electrons. The standard InChI is InChI=1S/C25H12N4O5/c1-13-18(10-26)19(11-27)22(30)21(29-25(33)15-7-3-2-6-14(15)12-34-29)20(13)28-23(31)16-8-4-5-9-17(16)24(28)32/h2-9H,1,12H2. The maximum absolute atomic E-state index is 13.4. The van der Waals surface area contributed by atoms with E-state index in [1.807, 2.05) is 0 Å². The summed E-state index contributed by atoms with van der Waals surface area (Å²) in [6.45, 7) is 3.70. The van der Waals surface area contributed by atoms with Crippen LogP contribution in [-0.2, 0) is 16.2 Å². The number of rotatable bonds is 2. The van der Waals surface area contributed by atoms with Crippen molar-refractivity contribution in [3.63, 3.8) is 0 Å². The van der Waals surface area contributed by atoms with Gasteiger partial charge in [0.1, 0.15) is 30.0 Å². The lowest BCUT2D eigenvalue weighted by atomic mass is 9.88. The lowest BCUT2D eigenvalue weighted by Gasteiger charge is -2.34. The quantitative estimate of drug-likeness (QED) is 0.645. The average molecular weight is 448 g/mol. The van der Waals surface area contributed by atoms with Gasteiger partial charge >= 0.3 is 0 Å². The van der Waals surface area contributed by atoms with E-state index in [0.29, 0.717) is 15.5 Å². The van der Waals surface area contributed by atoms with E-state index < -0.39 is 40.3 Å². The van der Waals surface area contributed by atoms with Crippen LogP contribution in [0.25, 0.3) is 0 Å². The maximum atomic E-state index is 13.4. The van der Waals surface area contributed by atoms with E-state index >= 15 is 0 Å². The van der Waals surface area contributed by atoms with Crippen molar-refractivity contribution in [3.8, 4) is 12.1 Å². The molecule has 0 bridgehead atoms. The molecule has 5 rings (SSSR count). The van der Waals surface area contributed by atoms with Crippen molar-refractivity contribution in [2.45, 2.75) is 6.61 Å². The summed E-state index contributed by atoms with van der Waals surface area (Å²) in [5, 5.41) is 19.9. The second kappa shape index (κ2) is 7.48. The minimum absolute atomic E-state index is 0.0860. The van der Waals surface area contributed by atoms with Crippen LogP contribution < -0.4 is 0 Å². The van der Waals surface area contributed by atoms with Crippen molar-refractivity contribution < 1.29 is 24.0 Å². The Labute approximate surface area is 192 Å². The van der Waals surface area contributed by atoms with Gasteiger partial charge in [0.2, 0.25) is 5.78 Å². The van der Waals surface area contributed by atoms with Gasteiger partial charge in [-0.05, 0) is 23.8 Å². The second-order valence-corrected chi connectivity index (χ2v) is 7.50. The number of fused-ring (bicyclic) bond motifs is 2. The molecule has 2 aromatic rings. The second-order valence-electron chi connectivity index (χ2n) is 7.50. The van der Waals surface area contributed by atoms with Crippen LogP contribution in [0.3, 0.4) is 0 Å². The summed E-state index contributed by atoms with van der Waals surface area (Å²) in [4.78, 5) is 59.4. The van der Waals surface area contributed by atoms with Crippen molar-refractivity contribution in [1.29, 1.82) is 10.5 Å². The van der Waals surface area contributed by atoms with Gasteiger partial charge in [-0.1, -0.05) is 36.9 Å². The predicted octanol–water partition coefficient (Wildman–Crippen LogP) is 2.56. The van der Waals surface area contributed by atoms with Crippen LogP contribution in [-0.4, -0.2) is 33.5 Å². The number of nitrogens with zero attached hydrogens (tertiary/aromatic N) is 4. The molecule has 0 N–H and O–H groups in total. The number of hydrogen-bond donors (Lipinski definition) is 0. The van der Waals surface area contributed by atoms with Crippen LogP contribution >= 0.6 is 0 Å². The minimum atomic E-state index is -1.04. The van der Waals surface area contributed by atoms with Gasteiger partial charge in [-0.2, -0.15) is 15.6 Å². The van der Waals surface area contributed by atoms with E-state index in [4.69, 9.17) is 4.84 Å². The van der Waals surface area contributed by atoms with Crippen molar-refractivity contribution >= 4 is 23.5 Å². The highest BCUT2D eigenvalue weighted by Crippen LogP contribution is 2.40. The zero-order chi connectivity index (χ0) is 24.1. The number of imide groups is 1. The van der Waals surface area contributed by atoms with Gasteiger partial charge in [0.05, 0.1) is 22.4 Å². The van der Waals surface area contributed by atoms with Gasteiger partial charge in [0, 0.05) is 11.1 Å². The third-order valence-electron chi connectivity index (χ3n) is 5.73. The molecular weight excluding hydrogens is 436 g/mol. The molecule has 0 spiro atoms. The summed E-state index contributed by atoms with van der Waals surface area (Å²) in [6.07, 6.45) is 0. The molecule has 9 nitrogen and oxygen atoms in total. The van der Waals surface area contributed by atoms with Crippen LogP contribution in [0.2, 0.25) is 0 Å². The van der Waals surface area contributed by atoms with Crippen LogP contribution in [0.15, 0.2) is 83.2 Å². The normalized spacial score (nSPS) is 17.6. The molecule has 3 aliphatic rings. The number of Topliss-reactive ketones (excluding diaryl/α,β-unsaturated/α-hetero) is 1. The Kier molecular flexibility index (Phi) is 4.57. The molecular formula is C25H12N4O5. The number of nitriles is 2. The third kappa shape index (κ3) is 2.69. The zero-order valence-corrected chi connectivity index (χ0v) is 17.4. The van der Waals surface area contributed by atoms with Gasteiger partial charge in [0.15, 0.2) is 0 Å². The number of allylic oxidation sites excluding steroid dienone is 2. The average Bonchev–Trinajstić information content (AvgIpc) is 3.10. The first kappa shape index (κ1) is 20.8. The molecule has 34 heavy (non-hydrogen) atoms. The molecule has 9 heteroatoms. The summed E-state index contributed by atoms with van der Waals surface area (Å²) in [5.41, 5.74) is -1.11. The topological polar surface area (TPSA) is 132 Å². The van der Waals surface area contributed by atoms with Gasteiger partial charge in [-0.25, -0.2) is 4.90 Å². The summed E-state index contributed by atoms with van der Waals surface area (Å²) in [7, 11) is 0. The minimum Gasteiger partial charge on any atom is -0.286 e. The molecule has 2 aromatic carbocycles. The monoisotopic (exact) mass is 448 g/mol. The molecule has 0 atom stereocenters. The largest absolute Gasteiger partial charge is 0.286 e. The Balaban J connectivity index is 1.75. The van der Waals surface area contributed by atoms with Crippen LogP contribution in [0.5, 0.6) is 0 Å². The van der Waals surface area contributed by atoms with E-state index in [2.05, 4.69) is 6.58 Å². The summed E-state index contributed by atoms with van der Waals surface area (Å²) < 4.78 is 0. The van der Waals surface area contributed by atoms with E-state index in [1.54, 1.807) is 48.5 Å². The molecule has 0 saturated carbocycles. The predicted molar refractivity (Wildman–Crippen MR) is 114 cm³/mol. The van der Waals surface area contributed by atoms with Crippen molar-refractivity contribution in [3.05, 3.63) is 105 Å².